The normalized spacial score (nSPS) is 20.6. The van der Waals surface area contributed by atoms with Crippen LogP contribution in [-0.4, -0.2) is 94.7 Å². The lowest BCUT2D eigenvalue weighted by Crippen LogP contribution is -2.55. The number of anilines is 1. The summed E-state index contributed by atoms with van der Waals surface area (Å²) in [5, 5.41) is 19.9. The molecule has 11 nitrogen and oxygen atoms in total. The summed E-state index contributed by atoms with van der Waals surface area (Å²) < 4.78 is 25.6. The summed E-state index contributed by atoms with van der Waals surface area (Å²) in [7, 11) is 3.66. The minimum Gasteiger partial charge on any atom is -0.504 e. The summed E-state index contributed by atoms with van der Waals surface area (Å²) in [6.07, 6.45) is 3.03. The fourth-order valence-electron chi connectivity index (χ4n) is 6.44. The molecule has 0 bridgehead atoms. The van der Waals surface area contributed by atoms with E-state index in [4.69, 9.17) is 19.4 Å². The molecule has 4 heterocycles. The number of aromatic hydroxyl groups is 1. The van der Waals surface area contributed by atoms with Crippen molar-refractivity contribution in [2.45, 2.75) is 64.3 Å². The average Bonchev–Trinajstić information content (AvgIpc) is 3.60. The number of likely N-dealkylation sites (N-methyl/N-ethyl adjacent to an activating group) is 1. The van der Waals surface area contributed by atoms with Gasteiger partial charge in [-0.25, -0.2) is 4.39 Å². The molecule has 2 atom stereocenters. The molecule has 12 heteroatoms. The van der Waals surface area contributed by atoms with Crippen LogP contribution in [0.15, 0.2) is 24.5 Å². The maximum atomic E-state index is 13.8. The number of amides is 1. The van der Waals surface area contributed by atoms with E-state index >= 15 is 0 Å². The Balaban J connectivity index is 1.44. The molecule has 2 saturated heterocycles. The number of nitrogens with zero attached hydrogens (tertiary/aromatic N) is 7. The van der Waals surface area contributed by atoms with E-state index in [1.807, 2.05) is 6.07 Å². The highest BCUT2D eigenvalue weighted by Gasteiger charge is 2.36. The molecular weight excluding hydrogens is 553 g/mol. The molecule has 0 aliphatic carbocycles. The summed E-state index contributed by atoms with van der Waals surface area (Å²) in [5.41, 5.74) is 3.83. The van der Waals surface area contributed by atoms with Crippen molar-refractivity contribution in [3.8, 4) is 23.6 Å². The van der Waals surface area contributed by atoms with Gasteiger partial charge in [-0.15, -0.1) is 0 Å². The largest absolute Gasteiger partial charge is 0.504 e. The van der Waals surface area contributed by atoms with Crippen LogP contribution in [0.4, 0.5) is 10.2 Å². The molecule has 43 heavy (non-hydrogen) atoms. The molecule has 5 rings (SSSR count). The molecule has 2 fully saturated rings. The highest BCUT2D eigenvalue weighted by molar-refractivity contribution is 5.91. The van der Waals surface area contributed by atoms with Gasteiger partial charge in [-0.05, 0) is 44.5 Å². The van der Waals surface area contributed by atoms with Crippen molar-refractivity contribution < 1.29 is 23.8 Å². The molecule has 0 saturated carbocycles. The highest BCUT2D eigenvalue weighted by Crippen LogP contribution is 2.38. The van der Waals surface area contributed by atoms with E-state index in [2.05, 4.69) is 41.3 Å². The number of aromatic nitrogens is 2. The van der Waals surface area contributed by atoms with E-state index in [0.717, 1.165) is 48.2 Å². The topological polar surface area (TPSA) is 118 Å². The number of fused-ring (bicyclic) bond motifs is 1. The number of carbonyl (C=O) groups excluding carboxylic acids is 1. The van der Waals surface area contributed by atoms with Crippen molar-refractivity contribution in [2.75, 3.05) is 51.8 Å². The minimum absolute atomic E-state index is 0.0589. The van der Waals surface area contributed by atoms with Gasteiger partial charge in [-0.2, -0.15) is 15.2 Å². The van der Waals surface area contributed by atoms with Crippen LogP contribution in [0.1, 0.15) is 48.6 Å². The van der Waals surface area contributed by atoms with Gasteiger partial charge < -0.3 is 29.3 Å². The Morgan fingerprint density at radius 1 is 1.23 bits per heavy atom. The molecule has 3 aliphatic rings. The van der Waals surface area contributed by atoms with Crippen molar-refractivity contribution in [1.29, 1.82) is 5.26 Å². The van der Waals surface area contributed by atoms with Gasteiger partial charge in [0.1, 0.15) is 12.4 Å². The Morgan fingerprint density at radius 2 is 2.05 bits per heavy atom. The second-order valence-electron chi connectivity index (χ2n) is 11.5. The molecule has 3 aliphatic heterocycles. The van der Waals surface area contributed by atoms with Gasteiger partial charge in [-0.1, -0.05) is 19.6 Å². The zero-order valence-electron chi connectivity index (χ0n) is 25.2. The lowest BCUT2D eigenvalue weighted by atomic mass is 10.0. The number of halogens is 1. The first kappa shape index (κ1) is 30.5. The number of benzene rings is 1. The highest BCUT2D eigenvalue weighted by atomic mass is 19.1. The van der Waals surface area contributed by atoms with E-state index in [1.54, 1.807) is 13.2 Å². The second kappa shape index (κ2) is 13.1. The summed E-state index contributed by atoms with van der Waals surface area (Å²) >= 11 is 0. The number of carbonyl (C=O) groups is 1. The smallest absolute Gasteiger partial charge is 0.318 e. The van der Waals surface area contributed by atoms with Crippen LogP contribution in [0.3, 0.4) is 0 Å². The number of ether oxygens (including phenoxy) is 2. The van der Waals surface area contributed by atoms with Crippen LogP contribution in [0.5, 0.6) is 17.5 Å². The number of rotatable bonds is 10. The van der Waals surface area contributed by atoms with E-state index in [1.165, 1.54) is 4.90 Å². The molecule has 1 aromatic heterocycles. The van der Waals surface area contributed by atoms with Gasteiger partial charge in [-0.3, -0.25) is 9.69 Å². The average molecular weight is 594 g/mol. The van der Waals surface area contributed by atoms with Crippen LogP contribution in [0.2, 0.25) is 0 Å². The fourth-order valence-corrected chi connectivity index (χ4v) is 6.44. The number of phenols is 1. The van der Waals surface area contributed by atoms with Crippen LogP contribution in [0.25, 0.3) is 0 Å². The summed E-state index contributed by atoms with van der Waals surface area (Å²) in [5.74, 6) is -0.533. The Kier molecular flexibility index (Phi) is 9.32. The number of hydrogen-bond donors (Lipinski definition) is 1. The number of piperazine rings is 1. The monoisotopic (exact) mass is 593 g/mol. The molecule has 0 spiro atoms. The molecule has 1 N–H and O–H groups in total. The lowest BCUT2D eigenvalue weighted by molar-refractivity contribution is -0.131. The van der Waals surface area contributed by atoms with E-state index in [0.29, 0.717) is 63.0 Å². The van der Waals surface area contributed by atoms with Crippen LogP contribution in [0, 0.1) is 11.3 Å². The standard InChI is InChI=1S/C31H40FN7O4/c1-5-21-8-9-27(40)28(42-4)24(21)16-37-17-25-26(18-37)34-31(43-19-23-7-6-12-36(23)3)35-29(25)38-13-14-39(30(41)20(2)32)22(15-38)10-11-33/h8-9,22-23,40H,2,5-7,10,12-19H2,1,3-4H3/t22-,23-/m0/s1. The predicted molar refractivity (Wildman–Crippen MR) is 158 cm³/mol. The SMILES string of the molecule is C=C(F)C(=O)N1CCN(c2nc(OC[C@@H]3CCCN3C)nc3c2CN(Cc2c(CC)ccc(O)c2OC)C3)C[C@@H]1CC#N. The van der Waals surface area contributed by atoms with E-state index < -0.39 is 17.8 Å². The van der Waals surface area contributed by atoms with Gasteiger partial charge in [0, 0.05) is 56.4 Å². The molecular formula is C31H40FN7O4. The first-order valence-electron chi connectivity index (χ1n) is 14.8. The zero-order chi connectivity index (χ0) is 30.7. The van der Waals surface area contributed by atoms with Crippen LogP contribution >= 0.6 is 0 Å². The zero-order valence-corrected chi connectivity index (χ0v) is 25.2. The molecule has 0 unspecified atom stereocenters. The Morgan fingerprint density at radius 3 is 2.72 bits per heavy atom. The molecule has 230 valence electrons. The van der Waals surface area contributed by atoms with Gasteiger partial charge in [0.2, 0.25) is 0 Å². The third-order valence-electron chi connectivity index (χ3n) is 8.79. The molecule has 0 radical (unpaired) electrons. The van der Waals surface area contributed by atoms with Crippen LogP contribution in [-0.2, 0) is 30.8 Å². The lowest BCUT2D eigenvalue weighted by Gasteiger charge is -2.41. The maximum absolute atomic E-state index is 13.8. The van der Waals surface area contributed by atoms with Crippen molar-refractivity contribution in [2.24, 2.45) is 0 Å². The minimum atomic E-state index is -1.03. The maximum Gasteiger partial charge on any atom is 0.318 e. The third kappa shape index (κ3) is 6.38. The van der Waals surface area contributed by atoms with Crippen molar-refractivity contribution in [3.63, 3.8) is 0 Å². The number of phenolic OH excluding ortho intramolecular Hbond substituents is 1. The van der Waals surface area contributed by atoms with Gasteiger partial charge in [0.15, 0.2) is 17.3 Å². The number of nitriles is 1. The Bertz CT molecular complexity index is 1410. The number of likely N-dealkylation sites (tertiary alicyclic amines) is 1. The molecule has 2 aromatic rings. The van der Waals surface area contributed by atoms with Crippen molar-refractivity contribution >= 4 is 11.7 Å². The molecule has 1 aromatic carbocycles. The third-order valence-corrected chi connectivity index (χ3v) is 8.79. The predicted octanol–water partition coefficient (Wildman–Crippen LogP) is 3.16. The second-order valence-corrected chi connectivity index (χ2v) is 11.5. The number of methoxy groups -OCH3 is 1. The summed E-state index contributed by atoms with van der Waals surface area (Å²) in [6.45, 7) is 9.37. The number of aryl methyl sites for hydroxylation is 1. The van der Waals surface area contributed by atoms with Crippen molar-refractivity contribution in [1.82, 2.24) is 24.7 Å². The van der Waals surface area contributed by atoms with Crippen LogP contribution < -0.4 is 14.4 Å². The Hall–Kier alpha value is -3.95. The molecule has 1 amide bonds. The quantitative estimate of drug-likeness (QED) is 0.412. The van der Waals surface area contributed by atoms with E-state index in [-0.39, 0.29) is 18.7 Å². The summed E-state index contributed by atoms with van der Waals surface area (Å²) in [6, 6.07) is 5.81. The van der Waals surface area contributed by atoms with E-state index in [9.17, 15) is 19.6 Å². The Labute approximate surface area is 252 Å². The fraction of sp³-hybridized carbons (Fsp3) is 0.548. The van der Waals surface area contributed by atoms with Gasteiger partial charge in [0.25, 0.3) is 5.91 Å². The summed E-state index contributed by atoms with van der Waals surface area (Å²) in [4.78, 5) is 30.2. The first-order valence-corrected chi connectivity index (χ1v) is 14.8. The van der Waals surface area contributed by atoms with Crippen molar-refractivity contribution in [3.05, 3.63) is 46.9 Å². The number of hydrogen-bond acceptors (Lipinski definition) is 10. The first-order chi connectivity index (χ1) is 20.7. The van der Waals surface area contributed by atoms with Gasteiger partial charge in [0.05, 0.1) is 31.3 Å². The van der Waals surface area contributed by atoms with Gasteiger partial charge >= 0.3 is 6.01 Å².